The van der Waals surface area contributed by atoms with Gasteiger partial charge in [0.25, 0.3) is 0 Å². The lowest BCUT2D eigenvalue weighted by Gasteiger charge is -2.13. The highest BCUT2D eigenvalue weighted by Gasteiger charge is 2.19. The number of nitrogens with zero attached hydrogens (tertiary/aromatic N) is 2. The number of aromatic nitrogens is 1. The molecule has 0 saturated heterocycles. The Morgan fingerprint density at radius 3 is 2.52 bits per heavy atom. The maximum absolute atomic E-state index is 12.3. The van der Waals surface area contributed by atoms with Crippen molar-refractivity contribution in [3.05, 3.63) is 70.9 Å². The number of benzene rings is 1. The summed E-state index contributed by atoms with van der Waals surface area (Å²) in [5.41, 5.74) is 1.52. The molecular formula is C17H16N2OS. The Labute approximate surface area is 128 Å². The molecule has 0 saturated carbocycles. The number of aryl methyl sites for hydroxylation is 1. The van der Waals surface area contributed by atoms with Crippen molar-refractivity contribution in [3.8, 4) is 6.07 Å². The summed E-state index contributed by atoms with van der Waals surface area (Å²) >= 11 is 1.44. The predicted molar refractivity (Wildman–Crippen MR) is 86.1 cm³/mol. The zero-order valence-electron chi connectivity index (χ0n) is 12.0. The number of carbonyl (C=O) groups is 1. The van der Waals surface area contributed by atoms with Gasteiger partial charge in [0.2, 0.25) is 0 Å². The largest absolute Gasteiger partial charge is 0.353 e. The number of hydrogen-bond donors (Lipinski definition) is 0. The molecule has 0 N–H and O–H groups in total. The van der Waals surface area contributed by atoms with E-state index in [1.165, 1.54) is 11.8 Å². The van der Waals surface area contributed by atoms with E-state index in [9.17, 15) is 10.1 Å². The Morgan fingerprint density at radius 2 is 2.00 bits per heavy atom. The van der Waals surface area contributed by atoms with Crippen molar-refractivity contribution in [2.45, 2.75) is 5.92 Å². The topological polar surface area (TPSA) is 45.8 Å². The Hall–Kier alpha value is -2.25. The van der Waals surface area contributed by atoms with Gasteiger partial charge in [-0.05, 0) is 24.5 Å². The molecule has 4 heteroatoms. The lowest BCUT2D eigenvalue weighted by Crippen LogP contribution is -2.06. The summed E-state index contributed by atoms with van der Waals surface area (Å²) in [7, 11) is 1.90. The van der Waals surface area contributed by atoms with Gasteiger partial charge < -0.3 is 4.57 Å². The van der Waals surface area contributed by atoms with Crippen LogP contribution in [0.15, 0.2) is 59.6 Å². The van der Waals surface area contributed by atoms with E-state index in [4.69, 9.17) is 0 Å². The summed E-state index contributed by atoms with van der Waals surface area (Å²) in [5, 5.41) is 9.48. The van der Waals surface area contributed by atoms with E-state index in [1.54, 1.807) is 18.2 Å². The lowest BCUT2D eigenvalue weighted by atomic mass is 10.0. The molecule has 1 unspecified atom stereocenters. The summed E-state index contributed by atoms with van der Waals surface area (Å²) in [6, 6.07) is 15.2. The predicted octanol–water partition coefficient (Wildman–Crippen LogP) is 3.76. The lowest BCUT2D eigenvalue weighted by molar-refractivity contribution is 0.104. The molecular weight excluding hydrogens is 280 g/mol. The van der Waals surface area contributed by atoms with Gasteiger partial charge in [0.15, 0.2) is 5.78 Å². The maximum Gasteiger partial charge on any atom is 0.186 e. The van der Waals surface area contributed by atoms with Crippen LogP contribution in [0.1, 0.15) is 22.0 Å². The molecule has 3 nitrogen and oxygen atoms in total. The number of thioether (sulfide) groups is 1. The summed E-state index contributed by atoms with van der Waals surface area (Å²) < 4.78 is 1.91. The first-order valence-electron chi connectivity index (χ1n) is 6.53. The summed E-state index contributed by atoms with van der Waals surface area (Å²) in [5.74, 6) is -0.498. The highest BCUT2D eigenvalue weighted by Crippen LogP contribution is 2.31. The van der Waals surface area contributed by atoms with Crippen LogP contribution in [-0.2, 0) is 7.05 Å². The molecule has 0 aliphatic carbocycles. The second-order valence-corrected chi connectivity index (χ2v) is 5.47. The average Bonchev–Trinajstić information content (AvgIpc) is 2.94. The molecule has 0 amide bonds. The van der Waals surface area contributed by atoms with Gasteiger partial charge in [0, 0.05) is 29.4 Å². The van der Waals surface area contributed by atoms with E-state index in [1.807, 2.05) is 54.4 Å². The highest BCUT2D eigenvalue weighted by molar-refractivity contribution is 8.02. The Bertz CT molecular complexity index is 695. The van der Waals surface area contributed by atoms with E-state index >= 15 is 0 Å². The van der Waals surface area contributed by atoms with Crippen LogP contribution in [0.5, 0.6) is 0 Å². The molecule has 2 rings (SSSR count). The van der Waals surface area contributed by atoms with E-state index in [-0.39, 0.29) is 5.78 Å². The number of carbonyl (C=O) groups excluding carboxylic acids is 1. The van der Waals surface area contributed by atoms with Crippen molar-refractivity contribution in [2.24, 2.45) is 7.05 Å². The molecule has 1 aromatic carbocycles. The van der Waals surface area contributed by atoms with Crippen molar-refractivity contribution in [1.82, 2.24) is 4.57 Å². The van der Waals surface area contributed by atoms with E-state index in [2.05, 4.69) is 6.07 Å². The number of ketones is 1. The number of allylic oxidation sites excluding steroid dienone is 2. The second-order valence-electron chi connectivity index (χ2n) is 4.59. The Balaban J connectivity index is 2.34. The minimum absolute atomic E-state index is 0.0746. The summed E-state index contributed by atoms with van der Waals surface area (Å²) in [4.78, 5) is 13.0. The number of hydrogen-bond acceptors (Lipinski definition) is 3. The van der Waals surface area contributed by atoms with Crippen LogP contribution in [0.4, 0.5) is 0 Å². The molecule has 2 aromatic rings. The van der Waals surface area contributed by atoms with Gasteiger partial charge in [-0.25, -0.2) is 0 Å². The summed E-state index contributed by atoms with van der Waals surface area (Å²) in [6.07, 6.45) is 5.36. The minimum Gasteiger partial charge on any atom is -0.353 e. The fraction of sp³-hybridized carbons (Fsp3) is 0.176. The highest BCUT2D eigenvalue weighted by atomic mass is 32.2. The van der Waals surface area contributed by atoms with Crippen LogP contribution < -0.4 is 0 Å². The van der Waals surface area contributed by atoms with E-state index in [0.29, 0.717) is 5.56 Å². The minimum atomic E-state index is -0.423. The molecule has 1 heterocycles. The van der Waals surface area contributed by atoms with Gasteiger partial charge >= 0.3 is 0 Å². The molecule has 0 bridgehead atoms. The second kappa shape index (κ2) is 6.96. The third-order valence-corrected chi connectivity index (χ3v) is 4.09. The van der Waals surface area contributed by atoms with Crippen LogP contribution in [-0.4, -0.2) is 16.6 Å². The van der Waals surface area contributed by atoms with Crippen LogP contribution in [0.3, 0.4) is 0 Å². The van der Waals surface area contributed by atoms with Gasteiger partial charge in [-0.15, -0.1) is 11.8 Å². The summed E-state index contributed by atoms with van der Waals surface area (Å²) in [6.45, 7) is 0. The molecule has 106 valence electrons. The van der Waals surface area contributed by atoms with Gasteiger partial charge in [-0.3, -0.25) is 4.79 Å². The first kappa shape index (κ1) is 15.1. The molecule has 1 aromatic heterocycles. The van der Waals surface area contributed by atoms with Crippen LogP contribution in [0.25, 0.3) is 0 Å². The van der Waals surface area contributed by atoms with Crippen LogP contribution in [0, 0.1) is 11.3 Å². The quantitative estimate of drug-likeness (QED) is 0.623. The Morgan fingerprint density at radius 1 is 1.29 bits per heavy atom. The number of nitriles is 1. The van der Waals surface area contributed by atoms with Crippen LogP contribution >= 0.6 is 11.8 Å². The van der Waals surface area contributed by atoms with Crippen molar-refractivity contribution in [2.75, 3.05) is 6.26 Å². The van der Waals surface area contributed by atoms with E-state index < -0.39 is 5.92 Å². The molecule has 0 spiro atoms. The van der Waals surface area contributed by atoms with Crippen molar-refractivity contribution >= 4 is 17.5 Å². The first-order valence-corrected chi connectivity index (χ1v) is 7.75. The molecule has 1 atom stereocenters. The van der Waals surface area contributed by atoms with Crippen molar-refractivity contribution in [3.63, 3.8) is 0 Å². The monoisotopic (exact) mass is 296 g/mol. The zero-order valence-corrected chi connectivity index (χ0v) is 12.8. The zero-order chi connectivity index (χ0) is 15.2. The van der Waals surface area contributed by atoms with E-state index in [0.717, 1.165) is 10.6 Å². The van der Waals surface area contributed by atoms with Gasteiger partial charge in [0.05, 0.1) is 6.07 Å². The fourth-order valence-corrected chi connectivity index (χ4v) is 2.76. The normalized spacial score (nSPS) is 12.7. The third-order valence-electron chi connectivity index (χ3n) is 3.26. The average molecular weight is 296 g/mol. The molecule has 21 heavy (non-hydrogen) atoms. The standard InChI is InChI=1S/C17H16N2OS/c1-19-10-6-9-15(19)14(12-18)17(21-2)11-16(20)13-7-4-3-5-8-13/h3-11,14H,1-2H3/b17-11+. The molecule has 0 fully saturated rings. The SMILES string of the molecule is CS/C(=C/C(=O)c1ccccc1)C(C#N)c1cccn1C. The van der Waals surface area contributed by atoms with Gasteiger partial charge in [-0.2, -0.15) is 5.26 Å². The fourth-order valence-electron chi connectivity index (χ4n) is 2.12. The molecule has 0 aliphatic rings. The number of rotatable bonds is 5. The third kappa shape index (κ3) is 3.45. The maximum atomic E-state index is 12.3. The Kier molecular flexibility index (Phi) is 5.02. The molecule has 0 radical (unpaired) electrons. The molecule has 0 aliphatic heterocycles. The van der Waals surface area contributed by atoms with Crippen molar-refractivity contribution < 1.29 is 4.79 Å². The van der Waals surface area contributed by atoms with Crippen molar-refractivity contribution in [1.29, 1.82) is 5.26 Å². The smallest absolute Gasteiger partial charge is 0.186 e. The first-order chi connectivity index (χ1) is 10.2. The van der Waals surface area contributed by atoms with Gasteiger partial charge in [0.1, 0.15) is 5.92 Å². The van der Waals surface area contributed by atoms with Crippen LogP contribution in [0.2, 0.25) is 0 Å². The van der Waals surface area contributed by atoms with Gasteiger partial charge in [-0.1, -0.05) is 30.3 Å².